The van der Waals surface area contributed by atoms with Gasteiger partial charge in [0, 0.05) is 0 Å². The first-order chi connectivity index (χ1) is 3.31. The van der Waals surface area contributed by atoms with Crippen LogP contribution < -0.4 is 0 Å². The van der Waals surface area contributed by atoms with E-state index in [4.69, 9.17) is 0 Å². The summed E-state index contributed by atoms with van der Waals surface area (Å²) in [5, 5.41) is 0. The van der Waals surface area contributed by atoms with E-state index < -0.39 is 0 Å². The summed E-state index contributed by atoms with van der Waals surface area (Å²) in [4.78, 5) is 0. The lowest BCUT2D eigenvalue weighted by Crippen LogP contribution is -1.79. The molecule has 0 aromatic heterocycles. The Morgan fingerprint density at radius 3 is 1.89 bits per heavy atom. The summed E-state index contributed by atoms with van der Waals surface area (Å²) in [5.41, 5.74) is 0.267. The third kappa shape index (κ3) is 12.4. The minimum Gasteiger partial charge on any atom is -0.0839 e. The standard InChI is InChI=1S/C4H10BIP.2CH4/c1-3-5-7(6)4-2;;/h3-4H2,1-2H3;2*1H4. The molecule has 0 saturated carbocycles. The Hall–Kier alpha value is 1.22. The molecule has 0 spiro atoms. The maximum Gasteiger partial charge on any atom is 0.159 e. The van der Waals surface area contributed by atoms with E-state index in [1.54, 1.807) is 0 Å². The van der Waals surface area contributed by atoms with Crippen molar-refractivity contribution in [2.45, 2.75) is 35.0 Å². The quantitative estimate of drug-likeness (QED) is 0.405. The van der Waals surface area contributed by atoms with Crippen LogP contribution in [0.1, 0.15) is 28.7 Å². The normalized spacial score (nSPS) is 10.6. The second kappa shape index (κ2) is 12.0. The van der Waals surface area contributed by atoms with Gasteiger partial charge in [-0.05, 0) is 6.16 Å². The minimum absolute atomic E-state index is 0. The number of hydrogen-bond acceptors (Lipinski definition) is 0. The second-order valence-electron chi connectivity index (χ2n) is 1.31. The van der Waals surface area contributed by atoms with Gasteiger partial charge in [-0.2, -0.15) is 0 Å². The molecule has 0 bridgehead atoms. The van der Waals surface area contributed by atoms with Crippen molar-refractivity contribution in [1.29, 1.82) is 0 Å². The van der Waals surface area contributed by atoms with E-state index in [2.05, 4.69) is 42.9 Å². The Kier molecular flexibility index (Phi) is 22.1. The zero-order chi connectivity index (χ0) is 5.70. The van der Waals surface area contributed by atoms with Gasteiger partial charge in [-0.1, -0.05) is 62.5 Å². The maximum atomic E-state index is 2.51. The molecule has 0 heterocycles. The molecule has 0 aromatic carbocycles. The lowest BCUT2D eigenvalue weighted by Gasteiger charge is -1.99. The van der Waals surface area contributed by atoms with Crippen molar-refractivity contribution in [1.82, 2.24) is 0 Å². The molecule has 0 fully saturated rings. The zero-order valence-electron chi connectivity index (χ0n) is 4.82. The van der Waals surface area contributed by atoms with E-state index >= 15 is 0 Å². The van der Waals surface area contributed by atoms with Crippen molar-refractivity contribution >= 4 is 34.5 Å². The lowest BCUT2D eigenvalue weighted by molar-refractivity contribution is 1.47. The van der Waals surface area contributed by atoms with Gasteiger partial charge in [0.2, 0.25) is 0 Å². The highest BCUT2D eigenvalue weighted by Crippen LogP contribution is 2.42. The molecule has 0 N–H and O–H groups in total. The van der Waals surface area contributed by atoms with Gasteiger partial charge in [0.15, 0.2) is 7.00 Å². The van der Waals surface area contributed by atoms with Gasteiger partial charge in [0.05, 0.1) is 0 Å². The molecule has 0 aromatic rings. The first-order valence-electron chi connectivity index (χ1n) is 2.57. The molecule has 0 nitrogen and oxygen atoms in total. The third-order valence-electron chi connectivity index (χ3n) is 0.683. The maximum absolute atomic E-state index is 2.51. The Balaban J connectivity index is -0.000000180. The Bertz CT molecular complexity index is 44.0. The highest BCUT2D eigenvalue weighted by molar-refractivity contribution is 14.2. The van der Waals surface area contributed by atoms with Crippen LogP contribution in [-0.4, -0.2) is 13.2 Å². The Morgan fingerprint density at radius 2 is 1.78 bits per heavy atom. The first-order valence-corrected chi connectivity index (χ1v) is 6.95. The summed E-state index contributed by atoms with van der Waals surface area (Å²) in [5.74, 6) is 0. The highest BCUT2D eigenvalue weighted by atomic mass is 127. The average Bonchev–Trinajstić information content (AvgIpc) is 1.68. The molecular formula is C6H18BIP. The number of rotatable bonds is 3. The number of hydrogen-bond donors (Lipinski definition) is 0. The van der Waals surface area contributed by atoms with Crippen LogP contribution >= 0.6 is 27.5 Å². The number of halogens is 1. The smallest absolute Gasteiger partial charge is 0.0839 e. The van der Waals surface area contributed by atoms with Crippen molar-refractivity contribution in [3.8, 4) is 0 Å². The fourth-order valence-electron chi connectivity index (χ4n) is 0.327. The van der Waals surface area contributed by atoms with E-state index in [0.29, 0.717) is 0 Å². The van der Waals surface area contributed by atoms with Gasteiger partial charge >= 0.3 is 0 Å². The molecule has 1 atom stereocenters. The van der Waals surface area contributed by atoms with Crippen molar-refractivity contribution in [2.24, 2.45) is 0 Å². The van der Waals surface area contributed by atoms with Crippen LogP contribution in [-0.2, 0) is 0 Å². The third-order valence-corrected chi connectivity index (χ3v) is 5.28. The molecule has 1 radical (unpaired) electrons. The van der Waals surface area contributed by atoms with Crippen molar-refractivity contribution in [3.05, 3.63) is 0 Å². The molecule has 9 heavy (non-hydrogen) atoms. The van der Waals surface area contributed by atoms with Gasteiger partial charge in [0.1, 0.15) is 0 Å². The van der Waals surface area contributed by atoms with E-state index in [1.165, 1.54) is 12.5 Å². The van der Waals surface area contributed by atoms with Crippen LogP contribution in [0.3, 0.4) is 0 Å². The van der Waals surface area contributed by atoms with E-state index in [-0.39, 0.29) is 20.3 Å². The summed E-state index contributed by atoms with van der Waals surface area (Å²) >= 11 is 2.51. The monoisotopic (exact) mass is 259 g/mol. The molecule has 0 aliphatic heterocycles. The van der Waals surface area contributed by atoms with Crippen molar-refractivity contribution in [2.75, 3.05) is 6.16 Å². The van der Waals surface area contributed by atoms with Crippen LogP contribution in [0, 0.1) is 0 Å². The van der Waals surface area contributed by atoms with Crippen LogP contribution in [0.25, 0.3) is 0 Å². The fraction of sp³-hybridized carbons (Fsp3) is 1.00. The van der Waals surface area contributed by atoms with E-state index in [1.807, 2.05) is 0 Å². The molecule has 57 valence electrons. The van der Waals surface area contributed by atoms with E-state index in [0.717, 1.165) is 0 Å². The van der Waals surface area contributed by atoms with Crippen LogP contribution in [0.2, 0.25) is 6.32 Å². The van der Waals surface area contributed by atoms with Crippen molar-refractivity contribution < 1.29 is 0 Å². The summed E-state index contributed by atoms with van der Waals surface area (Å²) in [6.45, 7) is 6.84. The fourth-order valence-corrected chi connectivity index (χ4v) is 2.16. The molecular weight excluding hydrogens is 241 g/mol. The van der Waals surface area contributed by atoms with Crippen LogP contribution in [0.5, 0.6) is 0 Å². The van der Waals surface area contributed by atoms with Gasteiger partial charge in [-0.25, -0.2) is 0 Å². The average molecular weight is 259 g/mol. The summed E-state index contributed by atoms with van der Waals surface area (Å²) in [7, 11) is 0. The summed E-state index contributed by atoms with van der Waals surface area (Å²) in [6, 6.07) is 0. The van der Waals surface area contributed by atoms with Crippen LogP contribution in [0.15, 0.2) is 0 Å². The topological polar surface area (TPSA) is 0 Å². The predicted octanol–water partition coefficient (Wildman–Crippen LogP) is 4.17. The molecule has 0 aliphatic rings. The highest BCUT2D eigenvalue weighted by Gasteiger charge is 1.96. The largest absolute Gasteiger partial charge is 0.159 e. The minimum atomic E-state index is 0. The molecule has 0 aliphatic carbocycles. The second-order valence-corrected chi connectivity index (χ2v) is 6.82. The SMILES string of the molecule is C.C.CC[B]P(I)CC. The van der Waals surface area contributed by atoms with Gasteiger partial charge in [0.25, 0.3) is 0 Å². The van der Waals surface area contributed by atoms with Gasteiger partial charge in [-0.3, -0.25) is 0 Å². The molecule has 0 amide bonds. The van der Waals surface area contributed by atoms with Gasteiger partial charge < -0.3 is 0 Å². The molecule has 0 saturated heterocycles. The summed E-state index contributed by atoms with van der Waals surface area (Å²) in [6.07, 6.45) is 2.58. The van der Waals surface area contributed by atoms with Crippen LogP contribution in [0.4, 0.5) is 0 Å². The van der Waals surface area contributed by atoms with Gasteiger partial charge in [-0.15, -0.1) is 0 Å². The zero-order valence-corrected chi connectivity index (χ0v) is 7.87. The van der Waals surface area contributed by atoms with Crippen molar-refractivity contribution in [3.63, 3.8) is 0 Å². The lowest BCUT2D eigenvalue weighted by atomic mass is 10.1. The Morgan fingerprint density at radius 1 is 1.33 bits per heavy atom. The summed E-state index contributed by atoms with van der Waals surface area (Å²) < 4.78 is 0. The Labute approximate surface area is 75.6 Å². The molecule has 1 unspecified atom stereocenters. The molecule has 3 heteroatoms. The predicted molar refractivity (Wildman–Crippen MR) is 61.2 cm³/mol. The first kappa shape index (κ1) is 16.7. The molecule has 0 rings (SSSR count). The van der Waals surface area contributed by atoms with E-state index in [9.17, 15) is 0 Å².